The molecule has 0 N–H and O–H groups in total. The molecule has 0 bridgehead atoms. The second-order valence-corrected chi connectivity index (χ2v) is 6.41. The maximum Gasteiger partial charge on any atom is 0.165 e. The van der Waals surface area contributed by atoms with Crippen LogP contribution in [0.1, 0.15) is 39.9 Å². The van der Waals surface area contributed by atoms with E-state index in [-0.39, 0.29) is 16.4 Å². The number of fused-ring (bicyclic) bond motifs is 1. The zero-order valence-corrected chi connectivity index (χ0v) is 13.6. The first kappa shape index (κ1) is 14.6. The van der Waals surface area contributed by atoms with Crippen molar-refractivity contribution < 1.29 is 9.13 Å². The maximum absolute atomic E-state index is 13.5. The minimum Gasteiger partial charge on any atom is -0.494 e. The van der Waals surface area contributed by atoms with E-state index in [1.54, 1.807) is 12.1 Å². The molecule has 1 aliphatic carbocycles. The number of hydrogen-bond donors (Lipinski definition) is 0. The third-order valence-electron chi connectivity index (χ3n) is 4.13. The summed E-state index contributed by atoms with van der Waals surface area (Å²) in [5, 5.41) is 0. The molecule has 0 aliphatic heterocycles. The summed E-state index contributed by atoms with van der Waals surface area (Å²) in [6, 6.07) is 11.7. The molecule has 1 unspecified atom stereocenters. The summed E-state index contributed by atoms with van der Waals surface area (Å²) in [5.41, 5.74) is 5.15. The van der Waals surface area contributed by atoms with E-state index in [2.05, 4.69) is 34.1 Å². The Hall–Kier alpha value is -1.35. The number of benzene rings is 2. The molecule has 0 fully saturated rings. The Morgan fingerprint density at radius 1 is 1.00 bits per heavy atom. The standard InChI is InChI=1S/C18H18BrFO/c1-21-17-11-15(8-9-16(17)20)18(19)14-7-6-12-4-2-3-5-13(12)10-14/h6-11,18H,2-5H2,1H3. The van der Waals surface area contributed by atoms with Gasteiger partial charge in [0.1, 0.15) is 0 Å². The molecule has 3 rings (SSSR count). The molecule has 0 aromatic heterocycles. The fourth-order valence-corrected chi connectivity index (χ4v) is 3.51. The molecule has 0 heterocycles. The molecule has 3 heteroatoms. The third-order valence-corrected chi connectivity index (χ3v) is 5.19. The van der Waals surface area contributed by atoms with Gasteiger partial charge in [0.25, 0.3) is 0 Å². The highest BCUT2D eigenvalue weighted by molar-refractivity contribution is 9.09. The van der Waals surface area contributed by atoms with Crippen LogP contribution in [0.2, 0.25) is 0 Å². The molecule has 2 aromatic rings. The normalized spacial score (nSPS) is 15.4. The van der Waals surface area contributed by atoms with Gasteiger partial charge in [0.05, 0.1) is 11.9 Å². The van der Waals surface area contributed by atoms with E-state index in [1.807, 2.05) is 0 Å². The molecule has 0 amide bonds. The van der Waals surface area contributed by atoms with Gasteiger partial charge >= 0.3 is 0 Å². The summed E-state index contributed by atoms with van der Waals surface area (Å²) in [5.74, 6) is -0.0405. The lowest BCUT2D eigenvalue weighted by molar-refractivity contribution is 0.386. The van der Waals surface area contributed by atoms with Gasteiger partial charge in [0.15, 0.2) is 11.6 Å². The molecular formula is C18H18BrFO. The summed E-state index contributed by atoms with van der Waals surface area (Å²) in [4.78, 5) is 0.0548. The topological polar surface area (TPSA) is 9.23 Å². The molecule has 110 valence electrons. The van der Waals surface area contributed by atoms with Crippen molar-refractivity contribution in [2.75, 3.05) is 7.11 Å². The number of rotatable bonds is 3. The van der Waals surface area contributed by atoms with E-state index in [0.29, 0.717) is 0 Å². The third kappa shape index (κ3) is 2.98. The Bertz CT molecular complexity index is 654. The van der Waals surface area contributed by atoms with E-state index in [4.69, 9.17) is 4.74 Å². The molecule has 0 spiro atoms. The van der Waals surface area contributed by atoms with Crippen LogP contribution in [-0.4, -0.2) is 7.11 Å². The van der Waals surface area contributed by atoms with Gasteiger partial charge in [-0.3, -0.25) is 0 Å². The average Bonchev–Trinajstić information content (AvgIpc) is 2.54. The Labute approximate surface area is 133 Å². The van der Waals surface area contributed by atoms with Crippen molar-refractivity contribution in [3.05, 3.63) is 64.5 Å². The zero-order valence-electron chi connectivity index (χ0n) is 12.0. The predicted octanol–water partition coefficient (Wildman–Crippen LogP) is 5.20. The van der Waals surface area contributed by atoms with Crippen LogP contribution in [0, 0.1) is 5.82 Å². The number of methoxy groups -OCH3 is 1. The first-order valence-corrected chi connectivity index (χ1v) is 8.20. The molecule has 0 saturated carbocycles. The van der Waals surface area contributed by atoms with Gasteiger partial charge in [-0.1, -0.05) is 40.2 Å². The maximum atomic E-state index is 13.5. The van der Waals surface area contributed by atoms with E-state index in [0.717, 1.165) is 12.0 Å². The van der Waals surface area contributed by atoms with E-state index in [9.17, 15) is 4.39 Å². The first-order valence-electron chi connectivity index (χ1n) is 7.28. The minimum absolute atomic E-state index is 0.0548. The van der Waals surface area contributed by atoms with Crippen LogP contribution in [0.4, 0.5) is 4.39 Å². The summed E-state index contributed by atoms with van der Waals surface area (Å²) in [7, 11) is 1.49. The van der Waals surface area contributed by atoms with Crippen molar-refractivity contribution >= 4 is 15.9 Å². The number of ether oxygens (including phenoxy) is 1. The first-order chi connectivity index (χ1) is 10.2. The van der Waals surface area contributed by atoms with Crippen molar-refractivity contribution in [2.24, 2.45) is 0 Å². The van der Waals surface area contributed by atoms with Crippen LogP contribution in [0.15, 0.2) is 36.4 Å². The number of halogens is 2. The highest BCUT2D eigenvalue weighted by Crippen LogP contribution is 2.35. The van der Waals surface area contributed by atoms with Crippen molar-refractivity contribution in [1.29, 1.82) is 0 Å². The molecule has 21 heavy (non-hydrogen) atoms. The number of alkyl halides is 1. The molecule has 0 saturated heterocycles. The quantitative estimate of drug-likeness (QED) is 0.693. The monoisotopic (exact) mass is 348 g/mol. The molecule has 1 atom stereocenters. The predicted molar refractivity (Wildman–Crippen MR) is 86.8 cm³/mol. The second-order valence-electron chi connectivity index (χ2n) is 5.49. The Morgan fingerprint density at radius 3 is 2.43 bits per heavy atom. The Kier molecular flexibility index (Phi) is 4.29. The average molecular weight is 349 g/mol. The van der Waals surface area contributed by atoms with Gasteiger partial charge in [-0.05, 0) is 60.1 Å². The summed E-state index contributed by atoms with van der Waals surface area (Å²) in [6.45, 7) is 0. The lowest BCUT2D eigenvalue weighted by atomic mass is 9.89. The van der Waals surface area contributed by atoms with Gasteiger partial charge in [0, 0.05) is 0 Å². The van der Waals surface area contributed by atoms with Crippen LogP contribution in [-0.2, 0) is 12.8 Å². The van der Waals surface area contributed by atoms with Crippen molar-refractivity contribution in [3.63, 3.8) is 0 Å². The molecule has 1 aliphatic rings. The van der Waals surface area contributed by atoms with Gasteiger partial charge < -0.3 is 4.74 Å². The van der Waals surface area contributed by atoms with E-state index < -0.39 is 0 Å². The van der Waals surface area contributed by atoms with Gasteiger partial charge in [-0.25, -0.2) is 4.39 Å². The fourth-order valence-electron chi connectivity index (χ4n) is 2.94. The lowest BCUT2D eigenvalue weighted by Gasteiger charge is -2.19. The molecule has 2 aromatic carbocycles. The van der Waals surface area contributed by atoms with Crippen LogP contribution >= 0.6 is 15.9 Å². The lowest BCUT2D eigenvalue weighted by Crippen LogP contribution is -2.04. The van der Waals surface area contributed by atoms with Crippen molar-refractivity contribution in [2.45, 2.75) is 30.5 Å². The summed E-state index contributed by atoms with van der Waals surface area (Å²) < 4.78 is 18.6. The SMILES string of the molecule is COc1cc(C(Br)c2ccc3c(c2)CCCC3)ccc1F. The Morgan fingerprint density at radius 2 is 1.67 bits per heavy atom. The van der Waals surface area contributed by atoms with Crippen LogP contribution in [0.3, 0.4) is 0 Å². The summed E-state index contributed by atoms with van der Waals surface area (Å²) >= 11 is 3.73. The summed E-state index contributed by atoms with van der Waals surface area (Å²) in [6.07, 6.45) is 4.91. The Balaban J connectivity index is 1.92. The van der Waals surface area contributed by atoms with Crippen LogP contribution < -0.4 is 4.74 Å². The highest BCUT2D eigenvalue weighted by Gasteiger charge is 2.16. The molecular weight excluding hydrogens is 331 g/mol. The number of hydrogen-bond acceptors (Lipinski definition) is 1. The second kappa shape index (κ2) is 6.18. The molecule has 0 radical (unpaired) electrons. The van der Waals surface area contributed by atoms with Gasteiger partial charge in [0.2, 0.25) is 0 Å². The van der Waals surface area contributed by atoms with Gasteiger partial charge in [-0.15, -0.1) is 0 Å². The largest absolute Gasteiger partial charge is 0.494 e. The number of aryl methyl sites for hydroxylation is 2. The van der Waals surface area contributed by atoms with Crippen molar-refractivity contribution in [3.8, 4) is 5.75 Å². The van der Waals surface area contributed by atoms with Crippen LogP contribution in [0.5, 0.6) is 5.75 Å². The van der Waals surface area contributed by atoms with E-state index >= 15 is 0 Å². The highest BCUT2D eigenvalue weighted by atomic mass is 79.9. The zero-order chi connectivity index (χ0) is 14.8. The molecule has 1 nitrogen and oxygen atoms in total. The smallest absolute Gasteiger partial charge is 0.165 e. The van der Waals surface area contributed by atoms with Crippen molar-refractivity contribution in [1.82, 2.24) is 0 Å². The van der Waals surface area contributed by atoms with Crippen LogP contribution in [0.25, 0.3) is 0 Å². The minimum atomic E-state index is -0.327. The van der Waals surface area contributed by atoms with Gasteiger partial charge in [-0.2, -0.15) is 0 Å². The van der Waals surface area contributed by atoms with E-state index in [1.165, 1.54) is 49.1 Å². The fraction of sp³-hybridized carbons (Fsp3) is 0.333.